The molecule has 0 aromatic carbocycles. The Hall–Kier alpha value is 0.479. The summed E-state index contributed by atoms with van der Waals surface area (Å²) in [6.45, 7) is 0. The summed E-state index contributed by atoms with van der Waals surface area (Å²) >= 11 is 0. The van der Waals surface area contributed by atoms with Crippen LogP contribution in [0.4, 0.5) is 0 Å². The summed E-state index contributed by atoms with van der Waals surface area (Å²) in [5, 5.41) is 0. The quantitative estimate of drug-likeness (QED) is 0.327. The van der Waals surface area contributed by atoms with Gasteiger partial charge in [-0.15, -0.1) is 0 Å². The largest absolute Gasteiger partial charge is 3.00 e. The maximum Gasteiger partial charge on any atom is 3.00 e. The third-order valence-electron chi connectivity index (χ3n) is 0. The van der Waals surface area contributed by atoms with Gasteiger partial charge in [-0.3, -0.25) is 0 Å². The van der Waals surface area contributed by atoms with Crippen molar-refractivity contribution in [3.63, 3.8) is 0 Å². The Morgan fingerprint density at radius 1 is 0.833 bits per heavy atom. The predicted octanol–water partition coefficient (Wildman–Crippen LogP) is 0.320. The fourth-order valence-electron chi connectivity index (χ4n) is 0. The monoisotopic (exact) mass is 130 g/mol. The average molecular weight is 130 g/mol. The molecule has 0 bridgehead atoms. The molecule has 0 aliphatic rings. The molecule has 0 atom stereocenters. The second-order valence-corrected chi connectivity index (χ2v) is 2.68. The molecular weight excluding hydrogens is 118 g/mol. The average Bonchev–Trinajstić information content (AvgIpc) is 0.722. The number of rotatable bonds is 0. The SMILES string of the molecule is C[N+](C)(C)C.[Fe+3]. The van der Waals surface area contributed by atoms with Crippen LogP contribution in [0.15, 0.2) is 0 Å². The van der Waals surface area contributed by atoms with Crippen LogP contribution >= 0.6 is 0 Å². The van der Waals surface area contributed by atoms with Crippen molar-refractivity contribution in [1.29, 1.82) is 0 Å². The van der Waals surface area contributed by atoms with Crippen LogP contribution in [0.2, 0.25) is 0 Å². The Balaban J connectivity index is 0. The molecule has 0 saturated heterocycles. The fourth-order valence-corrected chi connectivity index (χ4v) is 0. The fraction of sp³-hybridized carbons (Fsp3) is 1.00. The minimum Gasteiger partial charge on any atom is -0.333 e. The zero-order valence-electron chi connectivity index (χ0n) is 4.80. The van der Waals surface area contributed by atoms with Gasteiger partial charge in [-0.25, -0.2) is 0 Å². The van der Waals surface area contributed by atoms with E-state index in [9.17, 15) is 0 Å². The maximum atomic E-state index is 2.12. The van der Waals surface area contributed by atoms with Crippen LogP contribution in [-0.4, -0.2) is 32.7 Å². The van der Waals surface area contributed by atoms with Crippen LogP contribution in [0.5, 0.6) is 0 Å². The van der Waals surface area contributed by atoms with Crippen molar-refractivity contribution in [3.8, 4) is 0 Å². The van der Waals surface area contributed by atoms with Crippen molar-refractivity contribution in [3.05, 3.63) is 0 Å². The summed E-state index contributed by atoms with van der Waals surface area (Å²) in [5.74, 6) is 0. The first-order valence-electron chi connectivity index (χ1n) is 1.79. The van der Waals surface area contributed by atoms with E-state index in [4.69, 9.17) is 0 Å². The van der Waals surface area contributed by atoms with Crippen LogP contribution in [0.25, 0.3) is 0 Å². The third kappa shape index (κ3) is 236. The van der Waals surface area contributed by atoms with Crippen molar-refractivity contribution in [1.82, 2.24) is 0 Å². The molecule has 0 saturated carbocycles. The van der Waals surface area contributed by atoms with E-state index in [0.717, 1.165) is 4.48 Å². The first-order chi connectivity index (χ1) is 2.00. The molecule has 2 heteroatoms. The molecule has 6 heavy (non-hydrogen) atoms. The van der Waals surface area contributed by atoms with Gasteiger partial charge in [0.25, 0.3) is 0 Å². The summed E-state index contributed by atoms with van der Waals surface area (Å²) < 4.78 is 1.00. The Bertz CT molecular complexity index is 23.0. The van der Waals surface area contributed by atoms with Gasteiger partial charge < -0.3 is 4.48 Å². The molecule has 37 valence electrons. The molecule has 0 unspecified atom stereocenters. The van der Waals surface area contributed by atoms with E-state index in [1.54, 1.807) is 0 Å². The van der Waals surface area contributed by atoms with Gasteiger partial charge in [-0.2, -0.15) is 0 Å². The second-order valence-electron chi connectivity index (χ2n) is 2.68. The van der Waals surface area contributed by atoms with Gasteiger partial charge in [0.2, 0.25) is 0 Å². The van der Waals surface area contributed by atoms with Crippen molar-refractivity contribution in [2.75, 3.05) is 28.2 Å². The summed E-state index contributed by atoms with van der Waals surface area (Å²) in [7, 11) is 8.50. The first kappa shape index (κ1) is 9.70. The molecular formula is C4H12FeN+4. The molecule has 0 spiro atoms. The van der Waals surface area contributed by atoms with Gasteiger partial charge in [0.05, 0.1) is 28.2 Å². The van der Waals surface area contributed by atoms with Crippen LogP contribution in [0.3, 0.4) is 0 Å². The molecule has 0 aromatic rings. The van der Waals surface area contributed by atoms with E-state index >= 15 is 0 Å². The molecule has 0 heterocycles. The van der Waals surface area contributed by atoms with E-state index in [0.29, 0.717) is 0 Å². The minimum atomic E-state index is 0. The van der Waals surface area contributed by atoms with E-state index in [-0.39, 0.29) is 17.1 Å². The summed E-state index contributed by atoms with van der Waals surface area (Å²) in [6, 6.07) is 0. The van der Waals surface area contributed by atoms with E-state index in [1.807, 2.05) is 0 Å². The van der Waals surface area contributed by atoms with Gasteiger partial charge in [-0.05, 0) is 0 Å². The number of hydrogen-bond donors (Lipinski definition) is 0. The first-order valence-corrected chi connectivity index (χ1v) is 1.79. The molecule has 0 aliphatic carbocycles. The molecule has 1 radical (unpaired) electrons. The molecule has 1 nitrogen and oxygen atoms in total. The normalized spacial score (nSPS) is 10.0. The smallest absolute Gasteiger partial charge is 0.333 e. The van der Waals surface area contributed by atoms with Crippen molar-refractivity contribution in [2.45, 2.75) is 0 Å². The summed E-state index contributed by atoms with van der Waals surface area (Å²) in [6.07, 6.45) is 0. The van der Waals surface area contributed by atoms with Crippen molar-refractivity contribution < 1.29 is 21.6 Å². The minimum absolute atomic E-state index is 0. The van der Waals surface area contributed by atoms with Gasteiger partial charge in [0.1, 0.15) is 0 Å². The number of hydrogen-bond acceptors (Lipinski definition) is 0. The number of quaternary nitrogens is 1. The third-order valence-corrected chi connectivity index (χ3v) is 0. The Labute approximate surface area is 50.4 Å². The molecule has 0 amide bonds. The van der Waals surface area contributed by atoms with Crippen LogP contribution in [-0.2, 0) is 17.1 Å². The molecule has 0 rings (SSSR count). The van der Waals surface area contributed by atoms with E-state index in [2.05, 4.69) is 28.2 Å². The Morgan fingerprint density at radius 3 is 0.833 bits per heavy atom. The second kappa shape index (κ2) is 2.62. The number of nitrogens with zero attached hydrogens (tertiary/aromatic N) is 1. The molecule has 0 N–H and O–H groups in total. The zero-order valence-corrected chi connectivity index (χ0v) is 5.90. The maximum absolute atomic E-state index is 2.12. The van der Waals surface area contributed by atoms with Gasteiger partial charge in [0, 0.05) is 0 Å². The summed E-state index contributed by atoms with van der Waals surface area (Å²) in [4.78, 5) is 0. The summed E-state index contributed by atoms with van der Waals surface area (Å²) in [5.41, 5.74) is 0. The van der Waals surface area contributed by atoms with Crippen LogP contribution in [0.1, 0.15) is 0 Å². The van der Waals surface area contributed by atoms with Gasteiger partial charge >= 0.3 is 17.1 Å². The van der Waals surface area contributed by atoms with E-state index < -0.39 is 0 Å². The van der Waals surface area contributed by atoms with Crippen LogP contribution < -0.4 is 0 Å². The molecule has 0 fully saturated rings. The zero-order chi connectivity index (χ0) is 4.50. The van der Waals surface area contributed by atoms with Gasteiger partial charge in [-0.1, -0.05) is 0 Å². The standard InChI is InChI=1S/C4H12N.Fe/c1-5(2,3)4;/h1-4H3;/q+1;+3. The van der Waals surface area contributed by atoms with E-state index in [1.165, 1.54) is 0 Å². The predicted molar refractivity (Wildman–Crippen MR) is 24.0 cm³/mol. The molecule has 0 aromatic heterocycles. The van der Waals surface area contributed by atoms with Gasteiger partial charge in [0.15, 0.2) is 0 Å². The van der Waals surface area contributed by atoms with Crippen molar-refractivity contribution >= 4 is 0 Å². The Morgan fingerprint density at radius 2 is 0.833 bits per heavy atom. The topological polar surface area (TPSA) is 0 Å². The Kier molecular flexibility index (Phi) is 4.23. The van der Waals surface area contributed by atoms with Crippen LogP contribution in [0, 0.1) is 0 Å². The molecule has 0 aliphatic heterocycles. The van der Waals surface area contributed by atoms with Crippen molar-refractivity contribution in [2.24, 2.45) is 0 Å².